The minimum Gasteiger partial charge on any atom is -0.317 e. The van der Waals surface area contributed by atoms with Crippen LogP contribution in [0.1, 0.15) is 33.5 Å². The Bertz CT molecular complexity index is 293. The van der Waals surface area contributed by atoms with Crippen molar-refractivity contribution in [3.63, 3.8) is 0 Å². The van der Waals surface area contributed by atoms with E-state index in [1.807, 2.05) is 4.68 Å². The van der Waals surface area contributed by atoms with Crippen LogP contribution < -0.4 is 5.32 Å². The highest BCUT2D eigenvalue weighted by Crippen LogP contribution is 2.07. The SMILES string of the molecule is CCNCC(C)Cc1ncnn1CC(C)C. The fraction of sp³-hybridized carbons (Fsp3) is 0.833. The Morgan fingerprint density at radius 3 is 2.75 bits per heavy atom. The molecule has 0 aliphatic heterocycles. The van der Waals surface area contributed by atoms with Crippen LogP contribution in [0.15, 0.2) is 6.33 Å². The molecule has 0 saturated carbocycles. The van der Waals surface area contributed by atoms with Gasteiger partial charge in [0.15, 0.2) is 0 Å². The van der Waals surface area contributed by atoms with Crippen molar-refractivity contribution in [3.8, 4) is 0 Å². The molecule has 1 aromatic heterocycles. The first-order valence-corrected chi connectivity index (χ1v) is 6.20. The lowest BCUT2D eigenvalue weighted by Crippen LogP contribution is -2.23. The van der Waals surface area contributed by atoms with Crippen LogP contribution in [-0.2, 0) is 13.0 Å². The van der Waals surface area contributed by atoms with Crippen molar-refractivity contribution in [1.82, 2.24) is 20.1 Å². The van der Waals surface area contributed by atoms with Crippen LogP contribution in [0.25, 0.3) is 0 Å². The average molecular weight is 224 g/mol. The van der Waals surface area contributed by atoms with Gasteiger partial charge in [0.05, 0.1) is 0 Å². The second kappa shape index (κ2) is 6.63. The predicted octanol–water partition coefficient (Wildman–Crippen LogP) is 1.72. The zero-order valence-corrected chi connectivity index (χ0v) is 10.9. The molecule has 1 heterocycles. The van der Waals surface area contributed by atoms with Crippen molar-refractivity contribution in [1.29, 1.82) is 0 Å². The topological polar surface area (TPSA) is 42.7 Å². The molecule has 0 radical (unpaired) electrons. The lowest BCUT2D eigenvalue weighted by atomic mass is 10.1. The summed E-state index contributed by atoms with van der Waals surface area (Å²) in [4.78, 5) is 4.34. The van der Waals surface area contributed by atoms with Gasteiger partial charge in [-0.1, -0.05) is 27.7 Å². The molecule has 0 fully saturated rings. The summed E-state index contributed by atoms with van der Waals surface area (Å²) in [5.74, 6) is 2.33. The molecule has 1 rings (SSSR count). The predicted molar refractivity (Wildman–Crippen MR) is 66.3 cm³/mol. The third-order valence-electron chi connectivity index (χ3n) is 2.51. The summed E-state index contributed by atoms with van der Waals surface area (Å²) in [6.45, 7) is 11.8. The molecule has 0 aromatic carbocycles. The molecule has 1 atom stereocenters. The molecule has 0 aliphatic carbocycles. The minimum absolute atomic E-state index is 0.607. The van der Waals surface area contributed by atoms with Gasteiger partial charge in [0.1, 0.15) is 12.2 Å². The second-order valence-corrected chi connectivity index (χ2v) is 4.87. The average Bonchev–Trinajstić information content (AvgIpc) is 2.62. The lowest BCUT2D eigenvalue weighted by Gasteiger charge is -2.13. The number of nitrogens with zero attached hydrogens (tertiary/aromatic N) is 3. The van der Waals surface area contributed by atoms with E-state index in [4.69, 9.17) is 0 Å². The highest BCUT2D eigenvalue weighted by Gasteiger charge is 2.10. The first kappa shape index (κ1) is 13.2. The van der Waals surface area contributed by atoms with E-state index >= 15 is 0 Å². The van der Waals surface area contributed by atoms with Crippen molar-refractivity contribution < 1.29 is 0 Å². The number of nitrogens with one attached hydrogen (secondary N) is 1. The van der Waals surface area contributed by atoms with Crippen molar-refractivity contribution in [2.24, 2.45) is 11.8 Å². The molecule has 0 spiro atoms. The first-order valence-electron chi connectivity index (χ1n) is 6.20. The van der Waals surface area contributed by atoms with Crippen LogP contribution in [0.4, 0.5) is 0 Å². The van der Waals surface area contributed by atoms with E-state index in [1.54, 1.807) is 6.33 Å². The van der Waals surface area contributed by atoms with Gasteiger partial charge in [-0.15, -0.1) is 0 Å². The highest BCUT2D eigenvalue weighted by atomic mass is 15.3. The number of aromatic nitrogens is 3. The van der Waals surface area contributed by atoms with Crippen LogP contribution in [0, 0.1) is 11.8 Å². The van der Waals surface area contributed by atoms with E-state index in [2.05, 4.69) is 43.1 Å². The monoisotopic (exact) mass is 224 g/mol. The van der Waals surface area contributed by atoms with Crippen LogP contribution in [0.3, 0.4) is 0 Å². The summed E-state index contributed by atoms with van der Waals surface area (Å²) in [5, 5.41) is 7.64. The number of rotatable bonds is 7. The van der Waals surface area contributed by atoms with Gasteiger partial charge in [0.2, 0.25) is 0 Å². The molecule has 1 N–H and O–H groups in total. The van der Waals surface area contributed by atoms with E-state index in [1.165, 1.54) is 0 Å². The molecule has 0 aliphatic rings. The third-order valence-corrected chi connectivity index (χ3v) is 2.51. The molecule has 0 saturated heterocycles. The van der Waals surface area contributed by atoms with E-state index in [9.17, 15) is 0 Å². The maximum atomic E-state index is 4.34. The van der Waals surface area contributed by atoms with E-state index in [-0.39, 0.29) is 0 Å². The first-order chi connectivity index (χ1) is 7.63. The summed E-state index contributed by atoms with van der Waals surface area (Å²) >= 11 is 0. The summed E-state index contributed by atoms with van der Waals surface area (Å²) in [6, 6.07) is 0. The lowest BCUT2D eigenvalue weighted by molar-refractivity contribution is 0.439. The maximum Gasteiger partial charge on any atom is 0.138 e. The van der Waals surface area contributed by atoms with Crippen LogP contribution in [0.5, 0.6) is 0 Å². The van der Waals surface area contributed by atoms with Crippen LogP contribution in [-0.4, -0.2) is 27.9 Å². The van der Waals surface area contributed by atoms with Gasteiger partial charge in [0, 0.05) is 13.0 Å². The van der Waals surface area contributed by atoms with Gasteiger partial charge < -0.3 is 5.32 Å². The van der Waals surface area contributed by atoms with Gasteiger partial charge in [-0.05, 0) is 24.9 Å². The smallest absolute Gasteiger partial charge is 0.138 e. The summed E-state index contributed by atoms with van der Waals surface area (Å²) in [5.41, 5.74) is 0. The quantitative estimate of drug-likeness (QED) is 0.767. The number of hydrogen-bond acceptors (Lipinski definition) is 3. The third kappa shape index (κ3) is 4.31. The largest absolute Gasteiger partial charge is 0.317 e. The molecular weight excluding hydrogens is 200 g/mol. The van der Waals surface area contributed by atoms with Crippen molar-refractivity contribution in [3.05, 3.63) is 12.2 Å². The van der Waals surface area contributed by atoms with E-state index in [0.29, 0.717) is 11.8 Å². The Morgan fingerprint density at radius 2 is 2.12 bits per heavy atom. The van der Waals surface area contributed by atoms with Gasteiger partial charge in [-0.2, -0.15) is 5.10 Å². The summed E-state index contributed by atoms with van der Waals surface area (Å²) < 4.78 is 2.03. The van der Waals surface area contributed by atoms with Gasteiger partial charge in [-0.3, -0.25) is 0 Å². The fourth-order valence-electron chi connectivity index (χ4n) is 1.72. The maximum absolute atomic E-state index is 4.34. The Hall–Kier alpha value is -0.900. The molecule has 16 heavy (non-hydrogen) atoms. The van der Waals surface area contributed by atoms with Crippen molar-refractivity contribution >= 4 is 0 Å². The number of hydrogen-bond donors (Lipinski definition) is 1. The van der Waals surface area contributed by atoms with E-state index < -0.39 is 0 Å². The molecule has 0 amide bonds. The zero-order valence-electron chi connectivity index (χ0n) is 10.9. The zero-order chi connectivity index (χ0) is 12.0. The molecule has 92 valence electrons. The molecule has 0 bridgehead atoms. The van der Waals surface area contributed by atoms with Crippen LogP contribution >= 0.6 is 0 Å². The van der Waals surface area contributed by atoms with Gasteiger partial charge in [-0.25, -0.2) is 9.67 Å². The summed E-state index contributed by atoms with van der Waals surface area (Å²) in [7, 11) is 0. The Balaban J connectivity index is 2.49. The molecular formula is C12H24N4. The Morgan fingerprint density at radius 1 is 1.38 bits per heavy atom. The molecule has 4 heteroatoms. The molecule has 1 aromatic rings. The van der Waals surface area contributed by atoms with Gasteiger partial charge in [0.25, 0.3) is 0 Å². The van der Waals surface area contributed by atoms with Crippen molar-refractivity contribution in [2.45, 2.75) is 40.7 Å². The minimum atomic E-state index is 0.607. The second-order valence-electron chi connectivity index (χ2n) is 4.87. The molecule has 4 nitrogen and oxygen atoms in total. The van der Waals surface area contributed by atoms with Crippen LogP contribution in [0.2, 0.25) is 0 Å². The molecule has 1 unspecified atom stereocenters. The Kier molecular flexibility index (Phi) is 5.46. The van der Waals surface area contributed by atoms with E-state index in [0.717, 1.165) is 31.9 Å². The van der Waals surface area contributed by atoms with Gasteiger partial charge >= 0.3 is 0 Å². The Labute approximate surface area is 98.5 Å². The van der Waals surface area contributed by atoms with Crippen molar-refractivity contribution in [2.75, 3.05) is 13.1 Å². The standard InChI is InChI=1S/C12H24N4/c1-5-13-7-11(4)6-12-14-9-15-16(12)8-10(2)3/h9-11,13H,5-8H2,1-4H3. The summed E-state index contributed by atoms with van der Waals surface area (Å²) in [6.07, 6.45) is 2.66. The fourth-order valence-corrected chi connectivity index (χ4v) is 1.72. The highest BCUT2D eigenvalue weighted by molar-refractivity contribution is 4.87. The normalized spacial score (nSPS) is 13.3.